The molecule has 2 aliphatic heterocycles. The highest BCUT2D eigenvalue weighted by molar-refractivity contribution is 5.90. The molecule has 0 spiro atoms. The van der Waals surface area contributed by atoms with E-state index in [2.05, 4.69) is 0 Å². The second kappa shape index (κ2) is 16.1. The summed E-state index contributed by atoms with van der Waals surface area (Å²) in [5, 5.41) is 63.1. The molecule has 2 saturated heterocycles. The number of benzene rings is 2. The highest BCUT2D eigenvalue weighted by atomic mass is 16.8. The van der Waals surface area contributed by atoms with E-state index in [0.29, 0.717) is 24.7 Å². The third-order valence-electron chi connectivity index (χ3n) is 7.56. The number of aliphatic hydroxyl groups is 6. The van der Waals surface area contributed by atoms with Crippen LogP contribution in [0.1, 0.15) is 45.7 Å². The summed E-state index contributed by atoms with van der Waals surface area (Å²) in [6, 6.07) is 9.58. The van der Waals surface area contributed by atoms with Gasteiger partial charge in [-0.3, -0.25) is 0 Å². The summed E-state index contributed by atoms with van der Waals surface area (Å²) in [5.41, 5.74) is 2.00. The van der Waals surface area contributed by atoms with Gasteiger partial charge in [-0.2, -0.15) is 0 Å². The summed E-state index contributed by atoms with van der Waals surface area (Å²) in [7, 11) is 0. The first kappa shape index (κ1) is 36.5. The number of aryl methyl sites for hydroxylation is 2. The first-order chi connectivity index (χ1) is 22.3. The summed E-state index contributed by atoms with van der Waals surface area (Å²) in [6.07, 6.45) is -17.2. The lowest BCUT2D eigenvalue weighted by molar-refractivity contribution is -0.376. The molecule has 10 atom stereocenters. The molecule has 15 nitrogen and oxygen atoms in total. The SMILES string of the molecule is CCOc1cc(OCC)cc(C(=O)OCC2OC(OC3OC(COC(=O)c4cc(C)cc(C)c4)C(O)C(O)C3O)C(O)C(O)C2O)c1. The van der Waals surface area contributed by atoms with Crippen LogP contribution in [0.3, 0.4) is 0 Å². The van der Waals surface area contributed by atoms with E-state index in [1.54, 1.807) is 32.0 Å². The number of aliphatic hydroxyl groups excluding tert-OH is 6. The first-order valence-corrected chi connectivity index (χ1v) is 15.2. The molecule has 2 aromatic carbocycles. The smallest absolute Gasteiger partial charge is 0.338 e. The molecule has 2 fully saturated rings. The van der Waals surface area contributed by atoms with E-state index in [9.17, 15) is 40.2 Å². The van der Waals surface area contributed by atoms with Gasteiger partial charge in [0.25, 0.3) is 0 Å². The lowest BCUT2D eigenvalue weighted by Crippen LogP contribution is -2.64. The molecule has 0 saturated carbocycles. The summed E-state index contributed by atoms with van der Waals surface area (Å²) in [6.45, 7) is 6.69. The zero-order chi connectivity index (χ0) is 34.4. The van der Waals surface area contributed by atoms with Crippen LogP contribution in [-0.4, -0.2) is 130 Å². The predicted octanol–water partition coefficient (Wildman–Crippen LogP) is -0.254. The third kappa shape index (κ3) is 8.95. The van der Waals surface area contributed by atoms with Gasteiger partial charge in [0.15, 0.2) is 12.6 Å². The summed E-state index contributed by atoms with van der Waals surface area (Å²) in [5.74, 6) is -0.821. The Labute approximate surface area is 271 Å². The predicted molar refractivity (Wildman–Crippen MR) is 160 cm³/mol. The maximum atomic E-state index is 12.9. The van der Waals surface area contributed by atoms with Crippen molar-refractivity contribution >= 4 is 11.9 Å². The molecule has 4 rings (SSSR count). The largest absolute Gasteiger partial charge is 0.494 e. The van der Waals surface area contributed by atoms with Crippen molar-refractivity contribution in [2.75, 3.05) is 26.4 Å². The summed E-state index contributed by atoms with van der Waals surface area (Å²) in [4.78, 5) is 25.5. The molecule has 2 aliphatic rings. The zero-order valence-electron chi connectivity index (χ0n) is 26.4. The van der Waals surface area contributed by atoms with E-state index in [1.165, 1.54) is 12.1 Å². The van der Waals surface area contributed by atoms with Crippen LogP contribution in [0.25, 0.3) is 0 Å². The number of rotatable bonds is 12. The van der Waals surface area contributed by atoms with Gasteiger partial charge in [0, 0.05) is 6.07 Å². The Hall–Kier alpha value is -3.38. The van der Waals surface area contributed by atoms with Gasteiger partial charge in [-0.1, -0.05) is 17.2 Å². The van der Waals surface area contributed by atoms with Crippen molar-refractivity contribution in [3.8, 4) is 11.5 Å². The van der Waals surface area contributed by atoms with Gasteiger partial charge in [0.2, 0.25) is 0 Å². The minimum absolute atomic E-state index is 0.0774. The van der Waals surface area contributed by atoms with Crippen LogP contribution in [-0.2, 0) is 23.7 Å². The van der Waals surface area contributed by atoms with Crippen LogP contribution < -0.4 is 9.47 Å². The Morgan fingerprint density at radius 1 is 0.596 bits per heavy atom. The highest BCUT2D eigenvalue weighted by Crippen LogP contribution is 2.29. The van der Waals surface area contributed by atoms with Crippen LogP contribution >= 0.6 is 0 Å². The van der Waals surface area contributed by atoms with E-state index in [0.717, 1.165) is 11.1 Å². The van der Waals surface area contributed by atoms with Crippen LogP contribution in [0, 0.1) is 13.8 Å². The average molecular weight is 667 g/mol. The monoisotopic (exact) mass is 666 g/mol. The van der Waals surface area contributed by atoms with Gasteiger partial charge < -0.3 is 63.8 Å². The third-order valence-corrected chi connectivity index (χ3v) is 7.56. The van der Waals surface area contributed by atoms with Crippen LogP contribution in [0.15, 0.2) is 36.4 Å². The Kier molecular flexibility index (Phi) is 12.5. The van der Waals surface area contributed by atoms with Gasteiger partial charge in [0.1, 0.15) is 73.5 Å². The lowest BCUT2D eigenvalue weighted by atomic mass is 9.98. The van der Waals surface area contributed by atoms with Crippen LogP contribution in [0.2, 0.25) is 0 Å². The molecule has 0 amide bonds. The number of carbonyl (C=O) groups is 2. The maximum absolute atomic E-state index is 12.9. The molecule has 15 heteroatoms. The number of hydrogen-bond acceptors (Lipinski definition) is 15. The van der Waals surface area contributed by atoms with Gasteiger partial charge in [-0.15, -0.1) is 0 Å². The molecule has 2 aromatic rings. The van der Waals surface area contributed by atoms with Crippen molar-refractivity contribution in [1.82, 2.24) is 0 Å². The van der Waals surface area contributed by atoms with Crippen molar-refractivity contribution in [2.45, 2.75) is 89.1 Å². The first-order valence-electron chi connectivity index (χ1n) is 15.2. The number of esters is 2. The van der Waals surface area contributed by atoms with Gasteiger partial charge in [-0.05, 0) is 52.0 Å². The average Bonchev–Trinajstić information content (AvgIpc) is 3.03. The Morgan fingerprint density at radius 3 is 1.40 bits per heavy atom. The number of hydrogen-bond donors (Lipinski definition) is 6. The normalized spacial score (nSPS) is 30.8. The maximum Gasteiger partial charge on any atom is 0.338 e. The summed E-state index contributed by atoms with van der Waals surface area (Å²) < 4.78 is 38.3. The second-order valence-electron chi connectivity index (χ2n) is 11.3. The van der Waals surface area contributed by atoms with Crippen LogP contribution in [0.4, 0.5) is 0 Å². The van der Waals surface area contributed by atoms with Crippen molar-refractivity contribution in [2.24, 2.45) is 0 Å². The topological polar surface area (TPSA) is 220 Å². The standard InChI is InChI=1S/C32H42O15/c1-5-41-19-10-18(11-20(12-19)42-6-2)30(40)44-14-22-24(34)26(36)28(38)32(46-22)47-31-27(37)25(35)23(33)21(45-31)13-43-29(39)17-8-15(3)7-16(4)9-17/h7-12,21-28,31-38H,5-6,13-14H2,1-4H3. The molecule has 0 bridgehead atoms. The fourth-order valence-electron chi connectivity index (χ4n) is 5.23. The second-order valence-corrected chi connectivity index (χ2v) is 11.3. The van der Waals surface area contributed by atoms with Crippen molar-refractivity contribution in [3.05, 3.63) is 58.7 Å². The molecule has 260 valence electrons. The summed E-state index contributed by atoms with van der Waals surface area (Å²) >= 11 is 0. The molecule has 0 aromatic heterocycles. The zero-order valence-corrected chi connectivity index (χ0v) is 26.4. The fraction of sp³-hybridized carbons (Fsp3) is 0.562. The van der Waals surface area contributed by atoms with Crippen LogP contribution in [0.5, 0.6) is 11.5 Å². The molecule has 47 heavy (non-hydrogen) atoms. The number of ether oxygens (including phenoxy) is 7. The molecular weight excluding hydrogens is 624 g/mol. The molecule has 10 unspecified atom stereocenters. The number of carbonyl (C=O) groups excluding carboxylic acids is 2. The molecule has 6 N–H and O–H groups in total. The van der Waals surface area contributed by atoms with E-state index in [4.69, 9.17) is 33.2 Å². The van der Waals surface area contributed by atoms with E-state index in [1.807, 2.05) is 19.9 Å². The van der Waals surface area contributed by atoms with E-state index < -0.39 is 86.6 Å². The van der Waals surface area contributed by atoms with E-state index >= 15 is 0 Å². The quantitative estimate of drug-likeness (QED) is 0.161. The minimum atomic E-state index is -1.88. The fourth-order valence-corrected chi connectivity index (χ4v) is 5.23. The van der Waals surface area contributed by atoms with Crippen molar-refractivity contribution < 1.29 is 73.4 Å². The van der Waals surface area contributed by atoms with E-state index in [-0.39, 0.29) is 11.1 Å². The Morgan fingerprint density at radius 2 is 1.00 bits per heavy atom. The molecular formula is C32H42O15. The Bertz CT molecular complexity index is 1320. The van der Waals surface area contributed by atoms with Crippen molar-refractivity contribution in [3.63, 3.8) is 0 Å². The minimum Gasteiger partial charge on any atom is -0.494 e. The lowest BCUT2D eigenvalue weighted by Gasteiger charge is -2.44. The van der Waals surface area contributed by atoms with Gasteiger partial charge in [-0.25, -0.2) is 9.59 Å². The molecule has 0 aliphatic carbocycles. The molecule has 2 heterocycles. The Balaban J connectivity index is 1.40. The highest BCUT2D eigenvalue weighted by Gasteiger charge is 2.50. The van der Waals surface area contributed by atoms with Crippen molar-refractivity contribution in [1.29, 1.82) is 0 Å². The van der Waals surface area contributed by atoms with Gasteiger partial charge in [0.05, 0.1) is 24.3 Å². The van der Waals surface area contributed by atoms with Gasteiger partial charge >= 0.3 is 11.9 Å². The molecule has 0 radical (unpaired) electrons.